The molecule has 0 aliphatic heterocycles. The molecule has 4 rings (SSSR count). The number of carbonyl (C=O) groups excluding carboxylic acids is 1. The Bertz CT molecular complexity index is 1140. The first kappa shape index (κ1) is 20.9. The molecule has 0 aliphatic rings. The number of nitrogens with one attached hydrogen (secondary N) is 1. The molecule has 158 valence electrons. The van der Waals surface area contributed by atoms with E-state index in [1.54, 1.807) is 17.2 Å². The van der Waals surface area contributed by atoms with Crippen LogP contribution >= 0.6 is 11.8 Å². The minimum atomic E-state index is -0.199. The van der Waals surface area contributed by atoms with Crippen molar-refractivity contribution >= 4 is 17.7 Å². The minimum Gasteiger partial charge on any atom is -0.347 e. The van der Waals surface area contributed by atoms with Crippen LogP contribution in [-0.2, 0) is 11.3 Å². The molecule has 8 heteroatoms. The van der Waals surface area contributed by atoms with E-state index < -0.39 is 0 Å². The molecule has 0 bridgehead atoms. The molecule has 0 saturated heterocycles. The topological polar surface area (TPSA) is 77.6 Å². The van der Waals surface area contributed by atoms with Crippen LogP contribution in [-0.4, -0.2) is 36.0 Å². The van der Waals surface area contributed by atoms with Crippen molar-refractivity contribution in [3.8, 4) is 5.69 Å². The highest BCUT2D eigenvalue weighted by Crippen LogP contribution is 2.24. The molecule has 0 radical (unpaired) electrons. The zero-order chi connectivity index (χ0) is 21.6. The largest absolute Gasteiger partial charge is 0.347 e. The Hall–Kier alpha value is -3.39. The van der Waals surface area contributed by atoms with Crippen molar-refractivity contribution < 1.29 is 4.79 Å². The van der Waals surface area contributed by atoms with Crippen LogP contribution in [0.5, 0.6) is 0 Å². The summed E-state index contributed by atoms with van der Waals surface area (Å²) in [6.45, 7) is 4.70. The summed E-state index contributed by atoms with van der Waals surface area (Å²) in [5, 5.41) is 8.09. The summed E-state index contributed by atoms with van der Waals surface area (Å²) in [5.74, 6) is 0.206. The van der Waals surface area contributed by atoms with E-state index in [2.05, 4.69) is 46.4 Å². The van der Waals surface area contributed by atoms with Gasteiger partial charge in [0, 0.05) is 12.4 Å². The van der Waals surface area contributed by atoms with Crippen molar-refractivity contribution in [3.63, 3.8) is 0 Å². The summed E-state index contributed by atoms with van der Waals surface area (Å²) in [6.07, 6.45) is 6.84. The molecule has 1 amide bonds. The standard InChI is InChI=1S/C23H24N6OS/c1-17-7-6-10-21(18(17)2)29-12-11-25-23(29)31-14-22(30)27-20(13-28-16-24-15-26-28)19-8-4-3-5-9-19/h3-12,15-16,20H,13-14H2,1-2H3,(H,27,30). The maximum Gasteiger partial charge on any atom is 0.231 e. The lowest BCUT2D eigenvalue weighted by atomic mass is 10.1. The first-order valence-corrected chi connectivity index (χ1v) is 11.0. The highest BCUT2D eigenvalue weighted by Gasteiger charge is 2.17. The SMILES string of the molecule is Cc1cccc(-n2ccnc2SCC(=O)NC(Cn2cncn2)c2ccccc2)c1C. The Kier molecular flexibility index (Phi) is 6.47. The Morgan fingerprint density at radius 1 is 1.13 bits per heavy atom. The van der Waals surface area contributed by atoms with Gasteiger partial charge < -0.3 is 5.32 Å². The number of imidazole rings is 1. The van der Waals surface area contributed by atoms with E-state index in [0.29, 0.717) is 6.54 Å². The average Bonchev–Trinajstić information content (AvgIpc) is 3.46. The van der Waals surface area contributed by atoms with Crippen molar-refractivity contribution in [2.24, 2.45) is 0 Å². The summed E-state index contributed by atoms with van der Waals surface area (Å²) in [4.78, 5) is 21.3. The third-order valence-corrected chi connectivity index (χ3v) is 6.11. The maximum atomic E-state index is 12.8. The normalized spacial score (nSPS) is 11.9. The monoisotopic (exact) mass is 432 g/mol. The summed E-state index contributed by atoms with van der Waals surface area (Å²) < 4.78 is 3.75. The van der Waals surface area contributed by atoms with Gasteiger partial charge in [-0.1, -0.05) is 54.2 Å². The summed E-state index contributed by atoms with van der Waals surface area (Å²) in [5.41, 5.74) is 4.52. The van der Waals surface area contributed by atoms with Crippen LogP contribution in [0.2, 0.25) is 0 Å². The number of nitrogens with zero attached hydrogens (tertiary/aromatic N) is 5. The molecule has 0 aliphatic carbocycles. The fourth-order valence-corrected chi connectivity index (χ4v) is 4.15. The van der Waals surface area contributed by atoms with E-state index in [1.165, 1.54) is 29.2 Å². The van der Waals surface area contributed by atoms with E-state index in [-0.39, 0.29) is 17.7 Å². The van der Waals surface area contributed by atoms with Crippen molar-refractivity contribution in [1.29, 1.82) is 0 Å². The van der Waals surface area contributed by atoms with E-state index in [0.717, 1.165) is 16.4 Å². The molecule has 2 aromatic carbocycles. The number of carbonyl (C=O) groups is 1. The Morgan fingerprint density at radius 3 is 2.74 bits per heavy atom. The van der Waals surface area contributed by atoms with E-state index in [9.17, 15) is 4.79 Å². The van der Waals surface area contributed by atoms with Gasteiger partial charge in [-0.25, -0.2) is 9.97 Å². The molecular weight excluding hydrogens is 408 g/mol. The van der Waals surface area contributed by atoms with Crippen LogP contribution in [0.15, 0.2) is 78.7 Å². The molecule has 1 atom stereocenters. The molecule has 2 heterocycles. The molecule has 4 aromatic rings. The Labute approximate surface area is 185 Å². The van der Waals surface area contributed by atoms with Gasteiger partial charge in [-0.3, -0.25) is 14.0 Å². The molecule has 1 unspecified atom stereocenters. The van der Waals surface area contributed by atoms with Crippen LogP contribution in [0.3, 0.4) is 0 Å². The molecule has 0 spiro atoms. The summed E-state index contributed by atoms with van der Waals surface area (Å²) in [7, 11) is 0. The number of hydrogen-bond acceptors (Lipinski definition) is 5. The fraction of sp³-hybridized carbons (Fsp3) is 0.217. The van der Waals surface area contributed by atoms with Crippen LogP contribution in [0.25, 0.3) is 5.69 Å². The van der Waals surface area contributed by atoms with Crippen LogP contribution in [0.1, 0.15) is 22.7 Å². The van der Waals surface area contributed by atoms with Crippen molar-refractivity contribution in [2.45, 2.75) is 31.6 Å². The van der Waals surface area contributed by atoms with E-state index >= 15 is 0 Å². The molecule has 31 heavy (non-hydrogen) atoms. The van der Waals surface area contributed by atoms with Gasteiger partial charge in [0.25, 0.3) is 0 Å². The maximum absolute atomic E-state index is 12.8. The highest BCUT2D eigenvalue weighted by atomic mass is 32.2. The zero-order valence-electron chi connectivity index (χ0n) is 17.5. The Morgan fingerprint density at radius 2 is 1.97 bits per heavy atom. The van der Waals surface area contributed by atoms with Gasteiger partial charge in [0.15, 0.2) is 5.16 Å². The van der Waals surface area contributed by atoms with Crippen molar-refractivity contribution in [3.05, 3.63) is 90.3 Å². The van der Waals surface area contributed by atoms with Gasteiger partial charge in [0.1, 0.15) is 12.7 Å². The number of aromatic nitrogens is 5. The number of benzene rings is 2. The Balaban J connectivity index is 1.45. The van der Waals surface area contributed by atoms with Gasteiger partial charge in [-0.2, -0.15) is 5.10 Å². The minimum absolute atomic E-state index is 0.0607. The van der Waals surface area contributed by atoms with Crippen molar-refractivity contribution in [2.75, 3.05) is 5.75 Å². The van der Waals surface area contributed by atoms with Crippen molar-refractivity contribution in [1.82, 2.24) is 29.6 Å². The predicted molar refractivity (Wildman–Crippen MR) is 121 cm³/mol. The lowest BCUT2D eigenvalue weighted by molar-refractivity contribution is -0.119. The quantitative estimate of drug-likeness (QED) is 0.429. The second kappa shape index (κ2) is 9.61. The molecule has 2 aromatic heterocycles. The average molecular weight is 433 g/mol. The van der Waals surface area contributed by atoms with Gasteiger partial charge >= 0.3 is 0 Å². The molecule has 1 N–H and O–H groups in total. The lowest BCUT2D eigenvalue weighted by Crippen LogP contribution is -2.32. The summed E-state index contributed by atoms with van der Waals surface area (Å²) in [6, 6.07) is 15.9. The number of amides is 1. The lowest BCUT2D eigenvalue weighted by Gasteiger charge is -2.19. The predicted octanol–water partition coefficient (Wildman–Crippen LogP) is 3.73. The fourth-order valence-electron chi connectivity index (χ4n) is 3.38. The zero-order valence-corrected chi connectivity index (χ0v) is 18.3. The van der Waals surface area contributed by atoms with Gasteiger partial charge in [-0.15, -0.1) is 0 Å². The third-order valence-electron chi connectivity index (χ3n) is 5.15. The third kappa shape index (κ3) is 5.03. The number of rotatable bonds is 8. The molecule has 0 fully saturated rings. The van der Waals surface area contributed by atoms with Gasteiger partial charge in [0.2, 0.25) is 5.91 Å². The van der Waals surface area contributed by atoms with Gasteiger partial charge in [-0.05, 0) is 36.6 Å². The van der Waals surface area contributed by atoms with E-state index in [1.807, 2.05) is 47.2 Å². The number of aryl methyl sites for hydroxylation is 1. The molecular formula is C23H24N6OS. The van der Waals surface area contributed by atoms with E-state index in [4.69, 9.17) is 0 Å². The highest BCUT2D eigenvalue weighted by molar-refractivity contribution is 7.99. The summed E-state index contributed by atoms with van der Waals surface area (Å²) >= 11 is 1.42. The van der Waals surface area contributed by atoms with Crippen LogP contribution in [0.4, 0.5) is 0 Å². The number of hydrogen-bond donors (Lipinski definition) is 1. The molecule has 7 nitrogen and oxygen atoms in total. The van der Waals surface area contributed by atoms with Gasteiger partial charge in [0.05, 0.1) is 24.0 Å². The first-order chi connectivity index (χ1) is 15.1. The second-order valence-electron chi connectivity index (χ2n) is 7.24. The van der Waals surface area contributed by atoms with Crippen LogP contribution in [0, 0.1) is 13.8 Å². The first-order valence-electron chi connectivity index (χ1n) is 10.0. The molecule has 0 saturated carbocycles. The smallest absolute Gasteiger partial charge is 0.231 e. The number of thioether (sulfide) groups is 1. The second-order valence-corrected chi connectivity index (χ2v) is 8.18. The van der Waals surface area contributed by atoms with Crippen LogP contribution < -0.4 is 5.32 Å².